The van der Waals surface area contributed by atoms with Crippen molar-refractivity contribution in [1.82, 2.24) is 9.55 Å². The van der Waals surface area contributed by atoms with Crippen molar-refractivity contribution in [2.24, 2.45) is 0 Å². The van der Waals surface area contributed by atoms with Crippen molar-refractivity contribution in [3.05, 3.63) is 28.0 Å². The standard InChI is InChI=1S/C11H7BrF3N3/c1-6-4-7(12)9-8(5-6)18(3-2-16)10(17-9)11(13,14)15/h4-5H,3H2,1H3. The summed E-state index contributed by atoms with van der Waals surface area (Å²) in [5, 5.41) is 8.65. The van der Waals surface area contributed by atoms with Crippen LogP contribution in [0, 0.1) is 18.3 Å². The number of imidazole rings is 1. The fourth-order valence-corrected chi connectivity index (χ4v) is 2.41. The molecule has 2 aromatic rings. The molecule has 0 aliphatic carbocycles. The second-order valence-corrected chi connectivity index (χ2v) is 4.65. The number of fused-ring (bicyclic) bond motifs is 1. The molecule has 1 aromatic heterocycles. The lowest BCUT2D eigenvalue weighted by molar-refractivity contribution is -0.146. The van der Waals surface area contributed by atoms with Crippen molar-refractivity contribution in [2.75, 3.05) is 0 Å². The van der Waals surface area contributed by atoms with Crippen LogP contribution in [-0.4, -0.2) is 9.55 Å². The van der Waals surface area contributed by atoms with Crippen molar-refractivity contribution in [1.29, 1.82) is 5.26 Å². The SMILES string of the molecule is Cc1cc(Br)c2nc(C(F)(F)F)n(CC#N)c2c1. The van der Waals surface area contributed by atoms with E-state index in [1.807, 2.05) is 0 Å². The average molecular weight is 318 g/mol. The van der Waals surface area contributed by atoms with Gasteiger partial charge in [0.05, 0.1) is 11.6 Å². The predicted molar refractivity (Wildman–Crippen MR) is 62.8 cm³/mol. The molecule has 0 fully saturated rings. The first-order valence-corrected chi connectivity index (χ1v) is 5.74. The Hall–Kier alpha value is -1.55. The number of rotatable bonds is 1. The molecule has 1 aromatic carbocycles. The van der Waals surface area contributed by atoms with Gasteiger partial charge in [0.1, 0.15) is 12.1 Å². The first kappa shape index (κ1) is 12.9. The van der Waals surface area contributed by atoms with Crippen LogP contribution >= 0.6 is 15.9 Å². The molecule has 2 rings (SSSR count). The first-order valence-electron chi connectivity index (χ1n) is 4.95. The molecule has 0 atom stereocenters. The zero-order valence-electron chi connectivity index (χ0n) is 9.22. The van der Waals surface area contributed by atoms with Gasteiger partial charge >= 0.3 is 6.18 Å². The van der Waals surface area contributed by atoms with Crippen molar-refractivity contribution in [3.63, 3.8) is 0 Å². The molecule has 18 heavy (non-hydrogen) atoms. The van der Waals surface area contributed by atoms with Crippen molar-refractivity contribution < 1.29 is 13.2 Å². The summed E-state index contributed by atoms with van der Waals surface area (Å²) in [6.45, 7) is 1.38. The minimum absolute atomic E-state index is 0.211. The maximum atomic E-state index is 12.8. The Morgan fingerprint density at radius 2 is 2.11 bits per heavy atom. The lowest BCUT2D eigenvalue weighted by Crippen LogP contribution is -2.14. The third-order valence-electron chi connectivity index (χ3n) is 2.43. The van der Waals surface area contributed by atoms with E-state index in [1.165, 1.54) is 0 Å². The molecule has 0 aliphatic heterocycles. The minimum Gasteiger partial charge on any atom is -0.306 e. The highest BCUT2D eigenvalue weighted by molar-refractivity contribution is 9.10. The van der Waals surface area contributed by atoms with Gasteiger partial charge in [-0.2, -0.15) is 18.4 Å². The largest absolute Gasteiger partial charge is 0.449 e. The number of halogens is 4. The molecule has 0 bridgehead atoms. The first-order chi connectivity index (χ1) is 8.34. The van der Waals surface area contributed by atoms with E-state index in [9.17, 15) is 13.2 Å². The highest BCUT2D eigenvalue weighted by atomic mass is 79.9. The van der Waals surface area contributed by atoms with Gasteiger partial charge in [0.15, 0.2) is 0 Å². The van der Waals surface area contributed by atoms with Gasteiger partial charge in [-0.05, 0) is 40.5 Å². The number of hydrogen-bond donors (Lipinski definition) is 0. The lowest BCUT2D eigenvalue weighted by Gasteiger charge is -2.07. The fourth-order valence-electron chi connectivity index (χ4n) is 1.76. The van der Waals surface area contributed by atoms with Gasteiger partial charge in [-0.1, -0.05) is 0 Å². The van der Waals surface area contributed by atoms with Crippen molar-refractivity contribution in [2.45, 2.75) is 19.6 Å². The monoisotopic (exact) mass is 317 g/mol. The summed E-state index contributed by atoms with van der Waals surface area (Å²) in [7, 11) is 0. The van der Waals surface area contributed by atoms with E-state index in [0.29, 0.717) is 9.99 Å². The highest BCUT2D eigenvalue weighted by Crippen LogP contribution is 2.34. The Kier molecular flexibility index (Phi) is 3.07. The fraction of sp³-hybridized carbons (Fsp3) is 0.273. The number of alkyl halides is 3. The quantitative estimate of drug-likeness (QED) is 0.805. The van der Waals surface area contributed by atoms with Crippen LogP contribution < -0.4 is 0 Å². The summed E-state index contributed by atoms with van der Waals surface area (Å²) >= 11 is 3.19. The second kappa shape index (κ2) is 4.28. The predicted octanol–water partition coefficient (Wildman–Crippen LogP) is 3.65. The van der Waals surface area contributed by atoms with Crippen LogP contribution in [0.2, 0.25) is 0 Å². The number of nitriles is 1. The molecule has 0 saturated heterocycles. The molecule has 0 amide bonds. The third-order valence-corrected chi connectivity index (χ3v) is 3.04. The van der Waals surface area contributed by atoms with Gasteiger partial charge in [0, 0.05) is 4.47 Å². The Bertz CT molecular complexity index is 652. The Morgan fingerprint density at radius 1 is 1.44 bits per heavy atom. The maximum Gasteiger partial charge on any atom is 0.449 e. The zero-order valence-corrected chi connectivity index (χ0v) is 10.8. The van der Waals surface area contributed by atoms with E-state index >= 15 is 0 Å². The Balaban J connectivity index is 2.85. The summed E-state index contributed by atoms with van der Waals surface area (Å²) in [4.78, 5) is 3.58. The molecule has 0 unspecified atom stereocenters. The van der Waals surface area contributed by atoms with Crippen LogP contribution in [0.4, 0.5) is 13.2 Å². The smallest absolute Gasteiger partial charge is 0.306 e. The van der Waals surface area contributed by atoms with Gasteiger partial charge in [-0.25, -0.2) is 4.98 Å². The molecule has 0 aliphatic rings. The van der Waals surface area contributed by atoms with Crippen LogP contribution in [0.1, 0.15) is 11.4 Å². The van der Waals surface area contributed by atoms with E-state index < -0.39 is 12.0 Å². The summed E-state index contributed by atoms with van der Waals surface area (Å²) in [5.41, 5.74) is 1.31. The molecule has 0 N–H and O–H groups in total. The van der Waals surface area contributed by atoms with E-state index in [-0.39, 0.29) is 12.1 Å². The van der Waals surface area contributed by atoms with E-state index in [4.69, 9.17) is 5.26 Å². The Labute approximate surface area is 109 Å². The van der Waals surface area contributed by atoms with E-state index in [0.717, 1.165) is 10.1 Å². The van der Waals surface area contributed by atoms with Gasteiger partial charge in [-0.3, -0.25) is 0 Å². The van der Waals surface area contributed by atoms with Gasteiger partial charge in [0.2, 0.25) is 5.82 Å². The molecule has 0 spiro atoms. The molecule has 94 valence electrons. The molecule has 0 saturated carbocycles. The third kappa shape index (κ3) is 2.08. The van der Waals surface area contributed by atoms with Crippen LogP contribution in [-0.2, 0) is 12.7 Å². The van der Waals surface area contributed by atoms with E-state index in [1.54, 1.807) is 25.1 Å². The number of aromatic nitrogens is 2. The van der Waals surface area contributed by atoms with Gasteiger partial charge < -0.3 is 4.57 Å². The highest BCUT2D eigenvalue weighted by Gasteiger charge is 2.37. The lowest BCUT2D eigenvalue weighted by atomic mass is 10.2. The number of hydrogen-bond acceptors (Lipinski definition) is 2. The molecule has 7 heteroatoms. The molecule has 0 radical (unpaired) electrons. The molecular weight excluding hydrogens is 311 g/mol. The van der Waals surface area contributed by atoms with Crippen LogP contribution in [0.15, 0.2) is 16.6 Å². The van der Waals surface area contributed by atoms with Crippen LogP contribution in [0.5, 0.6) is 0 Å². The summed E-state index contributed by atoms with van der Waals surface area (Å²) in [6.07, 6.45) is -4.58. The molecule has 3 nitrogen and oxygen atoms in total. The van der Waals surface area contributed by atoms with Gasteiger partial charge in [0.25, 0.3) is 0 Å². The maximum absolute atomic E-state index is 12.8. The second-order valence-electron chi connectivity index (χ2n) is 3.79. The van der Waals surface area contributed by atoms with Crippen LogP contribution in [0.25, 0.3) is 11.0 Å². The van der Waals surface area contributed by atoms with Crippen molar-refractivity contribution >= 4 is 27.0 Å². The summed E-state index contributed by atoms with van der Waals surface area (Å²) < 4.78 is 39.9. The van der Waals surface area contributed by atoms with Gasteiger partial charge in [-0.15, -0.1) is 0 Å². The van der Waals surface area contributed by atoms with Crippen molar-refractivity contribution in [3.8, 4) is 6.07 Å². The summed E-state index contributed by atoms with van der Waals surface area (Å²) in [5.74, 6) is -1.05. The normalized spacial score (nSPS) is 11.8. The Morgan fingerprint density at radius 3 is 2.67 bits per heavy atom. The number of aryl methyl sites for hydroxylation is 1. The van der Waals surface area contributed by atoms with Crippen LogP contribution in [0.3, 0.4) is 0 Å². The van der Waals surface area contributed by atoms with E-state index in [2.05, 4.69) is 20.9 Å². The average Bonchev–Trinajstić information content (AvgIpc) is 2.58. The summed E-state index contributed by atoms with van der Waals surface area (Å²) in [6, 6.07) is 4.99. The zero-order chi connectivity index (χ0) is 13.5. The molecule has 1 heterocycles. The minimum atomic E-state index is -4.58. The number of nitrogens with zero attached hydrogens (tertiary/aromatic N) is 3. The topological polar surface area (TPSA) is 41.6 Å². The molecular formula is C11H7BrF3N3. The number of benzene rings is 1.